The summed E-state index contributed by atoms with van der Waals surface area (Å²) in [6.45, 7) is 10.5. The Kier molecular flexibility index (Phi) is 10.6. The molecule has 204 valence electrons. The molecule has 5 nitrogen and oxygen atoms in total. The predicted octanol–water partition coefficient (Wildman–Crippen LogP) is 3.67. The van der Waals surface area contributed by atoms with E-state index in [9.17, 15) is 0 Å². The summed E-state index contributed by atoms with van der Waals surface area (Å²) >= 11 is 0. The number of hydrogen-bond donors (Lipinski definition) is 0. The zero-order valence-electron chi connectivity index (χ0n) is 23.3. The van der Waals surface area contributed by atoms with Gasteiger partial charge in [0.2, 0.25) is 18.1 Å². The second kappa shape index (κ2) is 14.6. The molecule has 0 N–H and O–H groups in total. The van der Waals surface area contributed by atoms with Crippen LogP contribution in [0.25, 0.3) is 0 Å². The van der Waals surface area contributed by atoms with Crippen LogP contribution in [0.2, 0.25) is 0 Å². The van der Waals surface area contributed by atoms with Crippen molar-refractivity contribution in [3.8, 4) is 23.0 Å². The molecule has 0 aromatic heterocycles. The van der Waals surface area contributed by atoms with Crippen molar-refractivity contribution >= 4 is 38.8 Å². The number of rotatable bonds is 14. The fraction of sp³-hybridized carbons (Fsp3) is 0.250. The minimum Gasteiger partial charge on any atom is -0.494 e. The molecule has 39 heavy (non-hydrogen) atoms. The molecule has 0 radical (unpaired) electrons. The van der Waals surface area contributed by atoms with Crippen LogP contribution in [0.3, 0.4) is 0 Å². The van der Waals surface area contributed by atoms with Crippen LogP contribution in [-0.4, -0.2) is 44.5 Å². The van der Waals surface area contributed by atoms with E-state index in [1.165, 1.54) is 20.7 Å². The molecule has 4 aromatic carbocycles. The molecule has 7 heteroatoms. The summed E-state index contributed by atoms with van der Waals surface area (Å²) in [5.41, 5.74) is 0. The van der Waals surface area contributed by atoms with Gasteiger partial charge < -0.3 is 23.1 Å². The van der Waals surface area contributed by atoms with Gasteiger partial charge in [0.15, 0.2) is 0 Å². The van der Waals surface area contributed by atoms with Crippen molar-refractivity contribution in [2.75, 3.05) is 26.4 Å². The predicted molar refractivity (Wildman–Crippen MR) is 164 cm³/mol. The van der Waals surface area contributed by atoms with Crippen molar-refractivity contribution in [1.29, 1.82) is 0 Å². The lowest BCUT2D eigenvalue weighted by Gasteiger charge is -2.26. The summed E-state index contributed by atoms with van der Waals surface area (Å²) in [4.78, 5) is 0. The lowest BCUT2D eigenvalue weighted by Crippen LogP contribution is -2.55. The summed E-state index contributed by atoms with van der Waals surface area (Å²) in [5.74, 6) is 3.47. The standard InChI is InChI=1S/C32H38O5Si2/c1-5-33-25-9-17-29(18-10-25)38(30-19-11-26(12-20-30)34-6-2)37-39(31-21-13-27(14-22-31)35-7-3)32-23-15-28(16-24-32)36-8-4/h9-24,38-39H,5-8H2,1-4H3. The number of ether oxygens (including phenoxy) is 4. The zero-order chi connectivity index (χ0) is 27.5. The van der Waals surface area contributed by atoms with Crippen LogP contribution < -0.4 is 39.7 Å². The van der Waals surface area contributed by atoms with E-state index in [-0.39, 0.29) is 0 Å². The van der Waals surface area contributed by atoms with Crippen LogP contribution >= 0.6 is 0 Å². The highest BCUT2D eigenvalue weighted by Gasteiger charge is 2.27. The lowest BCUT2D eigenvalue weighted by atomic mass is 10.3. The molecule has 0 saturated heterocycles. The first kappa shape index (κ1) is 28.5. The van der Waals surface area contributed by atoms with Crippen LogP contribution in [0.5, 0.6) is 23.0 Å². The molecule has 0 aliphatic heterocycles. The molecule has 0 fully saturated rings. The van der Waals surface area contributed by atoms with E-state index in [0.717, 1.165) is 23.0 Å². The van der Waals surface area contributed by atoms with E-state index in [1.54, 1.807) is 0 Å². The van der Waals surface area contributed by atoms with Crippen molar-refractivity contribution in [2.45, 2.75) is 27.7 Å². The average molecular weight is 559 g/mol. The van der Waals surface area contributed by atoms with Gasteiger partial charge >= 0.3 is 0 Å². The minimum absolute atomic E-state index is 0.639. The first-order valence-corrected chi connectivity index (χ1v) is 17.0. The first-order chi connectivity index (χ1) is 19.1. The summed E-state index contributed by atoms with van der Waals surface area (Å²) in [6, 6.07) is 33.6. The minimum atomic E-state index is -2.09. The molecule has 4 aromatic rings. The van der Waals surface area contributed by atoms with Crippen LogP contribution in [0, 0.1) is 0 Å². The van der Waals surface area contributed by atoms with Gasteiger partial charge in [0, 0.05) is 0 Å². The first-order valence-electron chi connectivity index (χ1n) is 13.7. The quantitative estimate of drug-likeness (QED) is 0.221. The fourth-order valence-electron chi connectivity index (χ4n) is 4.46. The van der Waals surface area contributed by atoms with E-state index >= 15 is 0 Å². The average Bonchev–Trinajstić information content (AvgIpc) is 2.97. The molecule has 0 heterocycles. The van der Waals surface area contributed by atoms with Gasteiger partial charge in [-0.2, -0.15) is 0 Å². The van der Waals surface area contributed by atoms with Crippen molar-refractivity contribution in [1.82, 2.24) is 0 Å². The Morgan fingerprint density at radius 3 is 0.744 bits per heavy atom. The monoisotopic (exact) mass is 558 g/mol. The lowest BCUT2D eigenvalue weighted by molar-refractivity contribution is 0.340. The molecule has 0 spiro atoms. The summed E-state index contributed by atoms with van der Waals surface area (Å²) < 4.78 is 30.2. The van der Waals surface area contributed by atoms with Crippen LogP contribution in [0.1, 0.15) is 27.7 Å². The molecule has 0 bridgehead atoms. The van der Waals surface area contributed by atoms with Gasteiger partial charge in [-0.3, -0.25) is 0 Å². The van der Waals surface area contributed by atoms with Gasteiger partial charge in [0.05, 0.1) is 26.4 Å². The van der Waals surface area contributed by atoms with Gasteiger partial charge in [-0.25, -0.2) is 0 Å². The largest absolute Gasteiger partial charge is 0.494 e. The molecular formula is C32H38O5Si2. The van der Waals surface area contributed by atoms with E-state index < -0.39 is 18.1 Å². The molecule has 0 amide bonds. The number of benzene rings is 4. The zero-order valence-corrected chi connectivity index (χ0v) is 25.6. The van der Waals surface area contributed by atoms with Gasteiger partial charge in [-0.15, -0.1) is 0 Å². The van der Waals surface area contributed by atoms with E-state index in [1.807, 2.05) is 76.2 Å². The van der Waals surface area contributed by atoms with Crippen LogP contribution in [0.15, 0.2) is 97.1 Å². The summed E-state index contributed by atoms with van der Waals surface area (Å²) in [6.07, 6.45) is 0. The Bertz CT molecular complexity index is 1060. The van der Waals surface area contributed by atoms with Gasteiger partial charge in [-0.1, -0.05) is 48.5 Å². The fourth-order valence-corrected chi connectivity index (χ4v) is 11.0. The second-order valence-electron chi connectivity index (χ2n) is 8.90. The maximum atomic E-state index is 7.31. The van der Waals surface area contributed by atoms with E-state index in [2.05, 4.69) is 48.5 Å². The van der Waals surface area contributed by atoms with Crippen molar-refractivity contribution in [3.05, 3.63) is 97.1 Å². The smallest absolute Gasteiger partial charge is 0.228 e. The molecule has 0 aliphatic carbocycles. The molecule has 0 unspecified atom stereocenters. The van der Waals surface area contributed by atoms with Crippen molar-refractivity contribution in [3.63, 3.8) is 0 Å². The summed E-state index contributed by atoms with van der Waals surface area (Å²) in [5, 5.41) is 4.82. The maximum Gasteiger partial charge on any atom is 0.228 e. The van der Waals surface area contributed by atoms with E-state index in [0.29, 0.717) is 26.4 Å². The Hall–Kier alpha value is -3.53. The highest BCUT2D eigenvalue weighted by Crippen LogP contribution is 2.14. The second-order valence-corrected chi connectivity index (χ2v) is 14.2. The molecule has 0 atom stereocenters. The van der Waals surface area contributed by atoms with Gasteiger partial charge in [0.25, 0.3) is 0 Å². The molecule has 0 aliphatic rings. The van der Waals surface area contributed by atoms with Gasteiger partial charge in [-0.05, 0) is 97.0 Å². The van der Waals surface area contributed by atoms with Crippen molar-refractivity contribution < 1.29 is 23.1 Å². The third-order valence-corrected chi connectivity index (χ3v) is 12.4. The van der Waals surface area contributed by atoms with Gasteiger partial charge in [0.1, 0.15) is 23.0 Å². The normalized spacial score (nSPS) is 11.0. The van der Waals surface area contributed by atoms with Crippen molar-refractivity contribution in [2.24, 2.45) is 0 Å². The molecule has 4 rings (SSSR count). The Balaban J connectivity index is 1.74. The SMILES string of the molecule is CCOc1ccc([SiH](O[SiH](c2ccc(OCC)cc2)c2ccc(OCC)cc2)c2ccc(OCC)cc2)cc1. The molecular weight excluding hydrogens is 521 g/mol. The maximum absolute atomic E-state index is 7.31. The van der Waals surface area contributed by atoms with Crippen LogP contribution in [0.4, 0.5) is 0 Å². The summed E-state index contributed by atoms with van der Waals surface area (Å²) in [7, 11) is -4.18. The van der Waals surface area contributed by atoms with E-state index in [4.69, 9.17) is 23.1 Å². The third kappa shape index (κ3) is 7.75. The number of hydrogen-bond acceptors (Lipinski definition) is 5. The highest BCUT2D eigenvalue weighted by molar-refractivity contribution is 6.91. The topological polar surface area (TPSA) is 46.2 Å². The highest BCUT2D eigenvalue weighted by atomic mass is 28.4. The molecule has 0 saturated carbocycles. The Morgan fingerprint density at radius 1 is 0.359 bits per heavy atom. The Morgan fingerprint density at radius 2 is 0.564 bits per heavy atom. The Labute approximate surface area is 235 Å². The van der Waals surface area contributed by atoms with Crippen LogP contribution in [-0.2, 0) is 4.12 Å². The third-order valence-electron chi connectivity index (χ3n) is 6.25.